The first-order valence-electron chi connectivity index (χ1n) is 8.46. The summed E-state index contributed by atoms with van der Waals surface area (Å²) in [5.41, 5.74) is 3.54. The van der Waals surface area contributed by atoms with E-state index in [-0.39, 0.29) is 17.5 Å². The fourth-order valence-corrected chi connectivity index (χ4v) is 2.47. The Hall–Kier alpha value is -4.18. The van der Waals surface area contributed by atoms with E-state index in [4.69, 9.17) is 5.26 Å². The van der Waals surface area contributed by atoms with Gasteiger partial charge in [-0.3, -0.25) is 9.59 Å². The minimum Gasteiger partial charge on any atom is -0.354 e. The highest BCUT2D eigenvalue weighted by Crippen LogP contribution is 2.20. The number of nitrogens with one attached hydrogen (secondary N) is 3. The van der Waals surface area contributed by atoms with Crippen molar-refractivity contribution >= 4 is 34.6 Å². The summed E-state index contributed by atoms with van der Waals surface area (Å²) in [5, 5.41) is 17.4. The van der Waals surface area contributed by atoms with Gasteiger partial charge in [-0.2, -0.15) is 5.26 Å². The molecule has 3 rings (SSSR count). The Morgan fingerprint density at radius 1 is 0.893 bits per heavy atom. The van der Waals surface area contributed by atoms with E-state index in [2.05, 4.69) is 20.9 Å². The van der Waals surface area contributed by atoms with Crippen LogP contribution in [0.1, 0.15) is 23.0 Å². The zero-order valence-corrected chi connectivity index (χ0v) is 15.1. The van der Waals surface area contributed by atoms with Crippen LogP contribution >= 0.6 is 0 Å². The number of rotatable bonds is 5. The molecule has 0 radical (unpaired) electrons. The van der Waals surface area contributed by atoms with Crippen LogP contribution in [-0.2, 0) is 4.79 Å². The first kappa shape index (κ1) is 18.6. The van der Waals surface area contributed by atoms with Crippen LogP contribution in [0.2, 0.25) is 0 Å². The van der Waals surface area contributed by atoms with Crippen molar-refractivity contribution in [2.45, 2.75) is 6.92 Å². The molecule has 0 atom stereocenters. The number of benzene rings is 2. The van der Waals surface area contributed by atoms with Crippen molar-refractivity contribution in [3.63, 3.8) is 0 Å². The third kappa shape index (κ3) is 4.93. The van der Waals surface area contributed by atoms with Gasteiger partial charge >= 0.3 is 0 Å². The second kappa shape index (κ2) is 8.47. The second-order valence-electron chi connectivity index (χ2n) is 5.96. The van der Waals surface area contributed by atoms with E-state index in [0.29, 0.717) is 22.6 Å². The van der Waals surface area contributed by atoms with E-state index < -0.39 is 0 Å². The Morgan fingerprint density at radius 2 is 1.61 bits per heavy atom. The average molecular weight is 371 g/mol. The maximum atomic E-state index is 12.3. The average Bonchev–Trinajstić information content (AvgIpc) is 2.69. The lowest BCUT2D eigenvalue weighted by atomic mass is 10.2. The minimum absolute atomic E-state index is 0.142. The van der Waals surface area contributed by atoms with Gasteiger partial charge in [-0.25, -0.2) is 4.98 Å². The second-order valence-corrected chi connectivity index (χ2v) is 5.96. The van der Waals surface area contributed by atoms with Gasteiger partial charge in [0.05, 0.1) is 23.5 Å². The molecule has 1 heterocycles. The van der Waals surface area contributed by atoms with Gasteiger partial charge in [0.2, 0.25) is 5.91 Å². The summed E-state index contributed by atoms with van der Waals surface area (Å²) in [7, 11) is 0. The summed E-state index contributed by atoms with van der Waals surface area (Å²) >= 11 is 0. The SMILES string of the molecule is CC(=O)Nc1cccc(Nc2ccc(C(=O)Nc3ccc(C#N)cc3)nc2)c1. The van der Waals surface area contributed by atoms with Crippen molar-refractivity contribution < 1.29 is 9.59 Å². The molecule has 138 valence electrons. The Bertz CT molecular complexity index is 1040. The van der Waals surface area contributed by atoms with Crippen molar-refractivity contribution in [2.75, 3.05) is 16.0 Å². The molecule has 7 heteroatoms. The molecule has 3 N–H and O–H groups in total. The number of hydrogen-bond donors (Lipinski definition) is 3. The molecule has 2 aromatic carbocycles. The Kier molecular flexibility index (Phi) is 5.63. The van der Waals surface area contributed by atoms with Gasteiger partial charge in [0, 0.05) is 24.0 Å². The van der Waals surface area contributed by atoms with E-state index >= 15 is 0 Å². The highest BCUT2D eigenvalue weighted by atomic mass is 16.2. The van der Waals surface area contributed by atoms with Crippen LogP contribution < -0.4 is 16.0 Å². The fraction of sp³-hybridized carbons (Fsp3) is 0.0476. The summed E-state index contributed by atoms with van der Waals surface area (Å²) in [5.74, 6) is -0.486. The van der Waals surface area contributed by atoms with Gasteiger partial charge in [-0.15, -0.1) is 0 Å². The third-order valence-electron chi connectivity index (χ3n) is 3.74. The molecular formula is C21H17N5O2. The lowest BCUT2D eigenvalue weighted by Gasteiger charge is -2.09. The molecule has 0 aliphatic heterocycles. The van der Waals surface area contributed by atoms with E-state index in [1.54, 1.807) is 54.7 Å². The normalized spacial score (nSPS) is 9.86. The molecular weight excluding hydrogens is 354 g/mol. The first-order chi connectivity index (χ1) is 13.5. The van der Waals surface area contributed by atoms with Crippen LogP contribution in [0.25, 0.3) is 0 Å². The van der Waals surface area contributed by atoms with Gasteiger partial charge in [0.25, 0.3) is 5.91 Å². The van der Waals surface area contributed by atoms with Crippen molar-refractivity contribution in [1.82, 2.24) is 4.98 Å². The molecule has 0 saturated heterocycles. The van der Waals surface area contributed by atoms with E-state index in [1.807, 2.05) is 18.2 Å². The highest BCUT2D eigenvalue weighted by Gasteiger charge is 2.08. The minimum atomic E-state index is -0.344. The molecule has 0 fully saturated rings. The smallest absolute Gasteiger partial charge is 0.274 e. The van der Waals surface area contributed by atoms with Crippen LogP contribution in [0.4, 0.5) is 22.7 Å². The van der Waals surface area contributed by atoms with Gasteiger partial charge in [-0.05, 0) is 54.6 Å². The topological polar surface area (TPSA) is 107 Å². The zero-order chi connectivity index (χ0) is 19.9. The first-order valence-corrected chi connectivity index (χ1v) is 8.46. The number of pyridine rings is 1. The molecule has 1 aromatic heterocycles. The number of aromatic nitrogens is 1. The summed E-state index contributed by atoms with van der Waals surface area (Å²) < 4.78 is 0. The number of amides is 2. The molecule has 0 unspecified atom stereocenters. The van der Waals surface area contributed by atoms with Crippen molar-refractivity contribution in [2.24, 2.45) is 0 Å². The van der Waals surface area contributed by atoms with E-state index in [1.165, 1.54) is 6.92 Å². The lowest BCUT2D eigenvalue weighted by molar-refractivity contribution is -0.114. The fourth-order valence-electron chi connectivity index (χ4n) is 2.47. The molecule has 7 nitrogen and oxygen atoms in total. The zero-order valence-electron chi connectivity index (χ0n) is 15.1. The van der Waals surface area contributed by atoms with E-state index in [0.717, 1.165) is 5.69 Å². The summed E-state index contributed by atoms with van der Waals surface area (Å²) in [6, 6.07) is 19.2. The maximum absolute atomic E-state index is 12.3. The molecule has 0 bridgehead atoms. The number of anilines is 4. The predicted molar refractivity (Wildman–Crippen MR) is 107 cm³/mol. The van der Waals surface area contributed by atoms with Crippen molar-refractivity contribution in [3.8, 4) is 6.07 Å². The van der Waals surface area contributed by atoms with Crippen molar-refractivity contribution in [3.05, 3.63) is 78.1 Å². The van der Waals surface area contributed by atoms with Crippen LogP contribution in [-0.4, -0.2) is 16.8 Å². The summed E-state index contributed by atoms with van der Waals surface area (Å²) in [6.07, 6.45) is 1.55. The van der Waals surface area contributed by atoms with Gasteiger partial charge in [0.1, 0.15) is 5.69 Å². The van der Waals surface area contributed by atoms with E-state index in [9.17, 15) is 9.59 Å². The summed E-state index contributed by atoms with van der Waals surface area (Å²) in [4.78, 5) is 27.6. The van der Waals surface area contributed by atoms with Crippen molar-refractivity contribution in [1.29, 1.82) is 5.26 Å². The van der Waals surface area contributed by atoms with Gasteiger partial charge in [-0.1, -0.05) is 6.07 Å². The highest BCUT2D eigenvalue weighted by molar-refractivity contribution is 6.03. The number of nitriles is 1. The molecule has 0 spiro atoms. The summed E-state index contributed by atoms with van der Waals surface area (Å²) in [6.45, 7) is 1.45. The Labute approximate surface area is 162 Å². The number of carbonyl (C=O) groups is 2. The van der Waals surface area contributed by atoms with Gasteiger partial charge < -0.3 is 16.0 Å². The van der Waals surface area contributed by atoms with Crippen LogP contribution in [0.15, 0.2) is 66.9 Å². The standard InChI is InChI=1S/C21H17N5O2/c1-14(27)24-17-3-2-4-18(11-17)25-19-9-10-20(23-13-19)21(28)26-16-7-5-15(12-22)6-8-16/h2-11,13,25H,1H3,(H,24,27)(H,26,28). The lowest BCUT2D eigenvalue weighted by Crippen LogP contribution is -2.13. The molecule has 0 saturated carbocycles. The molecule has 0 aliphatic carbocycles. The van der Waals surface area contributed by atoms with Crippen LogP contribution in [0, 0.1) is 11.3 Å². The monoisotopic (exact) mass is 371 g/mol. The largest absolute Gasteiger partial charge is 0.354 e. The molecule has 0 aliphatic rings. The maximum Gasteiger partial charge on any atom is 0.274 e. The predicted octanol–water partition coefficient (Wildman–Crippen LogP) is 3.91. The molecule has 28 heavy (non-hydrogen) atoms. The van der Waals surface area contributed by atoms with Crippen LogP contribution in [0.5, 0.6) is 0 Å². The molecule has 3 aromatic rings. The Balaban J connectivity index is 1.65. The van der Waals surface area contributed by atoms with Crippen LogP contribution in [0.3, 0.4) is 0 Å². The number of nitrogens with zero attached hydrogens (tertiary/aromatic N) is 2. The third-order valence-corrected chi connectivity index (χ3v) is 3.74. The quantitative estimate of drug-likeness (QED) is 0.630. The Morgan fingerprint density at radius 3 is 2.25 bits per heavy atom. The number of carbonyl (C=O) groups excluding carboxylic acids is 2. The molecule has 2 amide bonds. The van der Waals surface area contributed by atoms with Gasteiger partial charge in [0.15, 0.2) is 0 Å². The number of hydrogen-bond acceptors (Lipinski definition) is 5.